The lowest BCUT2D eigenvalue weighted by Gasteiger charge is -2.35. The molecule has 7 heteroatoms. The highest BCUT2D eigenvalue weighted by Crippen LogP contribution is 2.36. The number of hydrogen-bond donors (Lipinski definition) is 1. The van der Waals surface area contributed by atoms with Crippen LogP contribution in [0.3, 0.4) is 0 Å². The van der Waals surface area contributed by atoms with E-state index in [2.05, 4.69) is 23.5 Å². The van der Waals surface area contributed by atoms with Gasteiger partial charge in [-0.1, -0.05) is 25.1 Å². The van der Waals surface area contributed by atoms with Gasteiger partial charge in [-0.3, -0.25) is 14.6 Å². The zero-order chi connectivity index (χ0) is 19.0. The van der Waals surface area contributed by atoms with Gasteiger partial charge in [0.1, 0.15) is 11.8 Å². The molecular formula is C20H22N4O2S. The summed E-state index contributed by atoms with van der Waals surface area (Å²) in [5.74, 6) is -0.570. The average Bonchev–Trinajstić information content (AvgIpc) is 3.34. The van der Waals surface area contributed by atoms with Gasteiger partial charge in [0.05, 0.1) is 11.7 Å². The highest BCUT2D eigenvalue weighted by molar-refractivity contribution is 7.10. The standard InChI is InChI=1S/C20H22N4O2S/c1-2-16-14-9-11-27-18(14)8-10-23(16)20(26)15-12-17(19(21)25)24(22-15)13-6-4-3-5-7-13/h3-7,9,11,16-17H,2,8,10,12H2,1H3,(H2,21,25). The second-order valence-corrected chi connectivity index (χ2v) is 7.82. The van der Waals surface area contributed by atoms with Gasteiger partial charge in [-0.2, -0.15) is 5.10 Å². The van der Waals surface area contributed by atoms with Crippen LogP contribution in [0.2, 0.25) is 0 Å². The Bertz CT molecular complexity index is 892. The van der Waals surface area contributed by atoms with Crippen LogP contribution >= 0.6 is 11.3 Å². The fraction of sp³-hybridized carbons (Fsp3) is 0.350. The van der Waals surface area contributed by atoms with Gasteiger partial charge in [0.2, 0.25) is 5.91 Å². The first-order valence-electron chi connectivity index (χ1n) is 9.18. The maximum Gasteiger partial charge on any atom is 0.270 e. The number of rotatable bonds is 4. The number of nitrogens with two attached hydrogens (primary N) is 1. The number of anilines is 1. The number of fused-ring (bicyclic) bond motifs is 1. The van der Waals surface area contributed by atoms with Crippen LogP contribution in [-0.4, -0.2) is 35.0 Å². The van der Waals surface area contributed by atoms with Crippen molar-refractivity contribution in [2.24, 2.45) is 10.8 Å². The summed E-state index contributed by atoms with van der Waals surface area (Å²) in [7, 11) is 0. The number of nitrogens with zero attached hydrogens (tertiary/aromatic N) is 3. The fourth-order valence-corrected chi connectivity index (χ4v) is 4.85. The van der Waals surface area contributed by atoms with Gasteiger partial charge in [0.15, 0.2) is 0 Å². The Balaban J connectivity index is 1.63. The average molecular weight is 382 g/mol. The summed E-state index contributed by atoms with van der Waals surface area (Å²) in [6.07, 6.45) is 1.96. The van der Waals surface area contributed by atoms with Crippen LogP contribution < -0.4 is 10.7 Å². The summed E-state index contributed by atoms with van der Waals surface area (Å²) in [5, 5.41) is 8.18. The molecule has 0 saturated carbocycles. The summed E-state index contributed by atoms with van der Waals surface area (Å²) in [4.78, 5) is 28.5. The lowest BCUT2D eigenvalue weighted by Crippen LogP contribution is -2.43. The van der Waals surface area contributed by atoms with Gasteiger partial charge in [0, 0.05) is 17.8 Å². The first kappa shape index (κ1) is 17.7. The van der Waals surface area contributed by atoms with Crippen molar-refractivity contribution in [2.75, 3.05) is 11.6 Å². The molecule has 2 atom stereocenters. The zero-order valence-electron chi connectivity index (χ0n) is 15.2. The first-order valence-corrected chi connectivity index (χ1v) is 10.1. The lowest BCUT2D eigenvalue weighted by molar-refractivity contribution is -0.127. The third-order valence-electron chi connectivity index (χ3n) is 5.25. The van der Waals surface area contributed by atoms with Crippen molar-refractivity contribution in [3.05, 3.63) is 52.2 Å². The number of para-hydroxylation sites is 1. The SMILES string of the molecule is CCC1c2ccsc2CCN1C(=O)C1=NN(c2ccccc2)C(C(N)=O)C1. The Morgan fingerprint density at radius 3 is 2.74 bits per heavy atom. The second kappa shape index (κ2) is 7.15. The van der Waals surface area contributed by atoms with Crippen molar-refractivity contribution in [2.45, 2.75) is 38.3 Å². The Kier molecular flexibility index (Phi) is 4.70. The van der Waals surface area contributed by atoms with Crippen LogP contribution in [0, 0.1) is 0 Å². The van der Waals surface area contributed by atoms with Gasteiger partial charge in [-0.15, -0.1) is 11.3 Å². The first-order chi connectivity index (χ1) is 13.1. The minimum atomic E-state index is -0.632. The molecule has 0 bridgehead atoms. The topological polar surface area (TPSA) is 79.0 Å². The van der Waals surface area contributed by atoms with E-state index in [9.17, 15) is 9.59 Å². The van der Waals surface area contributed by atoms with Crippen LogP contribution in [0.4, 0.5) is 5.69 Å². The number of amides is 2. The Morgan fingerprint density at radius 1 is 1.26 bits per heavy atom. The van der Waals surface area contributed by atoms with Crippen LogP contribution in [-0.2, 0) is 16.0 Å². The fourth-order valence-electron chi connectivity index (χ4n) is 3.93. The van der Waals surface area contributed by atoms with Crippen molar-refractivity contribution in [3.63, 3.8) is 0 Å². The van der Waals surface area contributed by atoms with Gasteiger partial charge in [0.25, 0.3) is 5.91 Å². The zero-order valence-corrected chi connectivity index (χ0v) is 16.0. The highest BCUT2D eigenvalue weighted by atomic mass is 32.1. The van der Waals surface area contributed by atoms with E-state index in [1.54, 1.807) is 16.3 Å². The van der Waals surface area contributed by atoms with Gasteiger partial charge < -0.3 is 10.6 Å². The molecule has 3 heterocycles. The molecule has 2 amide bonds. The normalized spacial score (nSPS) is 21.7. The van der Waals surface area contributed by atoms with Gasteiger partial charge in [-0.05, 0) is 42.0 Å². The highest BCUT2D eigenvalue weighted by Gasteiger charge is 2.39. The quantitative estimate of drug-likeness (QED) is 0.883. The molecular weight excluding hydrogens is 360 g/mol. The van der Waals surface area contributed by atoms with E-state index in [1.165, 1.54) is 10.4 Å². The van der Waals surface area contributed by atoms with E-state index < -0.39 is 11.9 Å². The summed E-state index contributed by atoms with van der Waals surface area (Å²) < 4.78 is 0. The molecule has 2 aliphatic heterocycles. The smallest absolute Gasteiger partial charge is 0.270 e. The number of primary amides is 1. The van der Waals surface area contributed by atoms with Crippen molar-refractivity contribution < 1.29 is 9.59 Å². The van der Waals surface area contributed by atoms with Crippen LogP contribution in [0.1, 0.15) is 36.2 Å². The molecule has 27 heavy (non-hydrogen) atoms. The summed E-state index contributed by atoms with van der Waals surface area (Å²) in [6, 6.07) is 10.9. The minimum Gasteiger partial charge on any atom is -0.368 e. The van der Waals surface area contributed by atoms with Crippen LogP contribution in [0.5, 0.6) is 0 Å². The number of benzene rings is 1. The van der Waals surface area contributed by atoms with E-state index in [1.807, 2.05) is 35.2 Å². The number of hydrazone groups is 1. The molecule has 140 valence electrons. The number of hydrogen-bond acceptors (Lipinski definition) is 5. The molecule has 2 aliphatic rings. The molecule has 2 N–H and O–H groups in total. The molecule has 2 unspecified atom stereocenters. The lowest BCUT2D eigenvalue weighted by atomic mass is 9.96. The van der Waals surface area contributed by atoms with E-state index in [0.29, 0.717) is 12.3 Å². The number of thiophene rings is 1. The Hall–Kier alpha value is -2.67. The summed E-state index contributed by atoms with van der Waals surface area (Å²) in [6.45, 7) is 2.77. The third-order valence-corrected chi connectivity index (χ3v) is 6.25. The molecule has 2 aromatic rings. The molecule has 4 rings (SSSR count). The molecule has 0 fully saturated rings. The van der Waals surface area contributed by atoms with Gasteiger partial charge in [-0.25, -0.2) is 0 Å². The van der Waals surface area contributed by atoms with E-state index in [-0.39, 0.29) is 18.4 Å². The molecule has 0 spiro atoms. The van der Waals surface area contributed by atoms with Crippen LogP contribution in [0.25, 0.3) is 0 Å². The van der Waals surface area contributed by atoms with Crippen molar-refractivity contribution in [1.29, 1.82) is 0 Å². The predicted octanol–water partition coefficient (Wildman–Crippen LogP) is 2.70. The van der Waals surface area contributed by atoms with E-state index in [4.69, 9.17) is 5.73 Å². The predicted molar refractivity (Wildman–Crippen MR) is 107 cm³/mol. The molecule has 0 radical (unpaired) electrons. The molecule has 1 aromatic carbocycles. The molecule has 6 nitrogen and oxygen atoms in total. The van der Waals surface area contributed by atoms with Crippen molar-refractivity contribution in [3.8, 4) is 0 Å². The monoisotopic (exact) mass is 382 g/mol. The largest absolute Gasteiger partial charge is 0.368 e. The summed E-state index contributed by atoms with van der Waals surface area (Å²) >= 11 is 1.75. The third kappa shape index (κ3) is 3.12. The molecule has 1 aromatic heterocycles. The Morgan fingerprint density at radius 2 is 2.04 bits per heavy atom. The Labute approximate surface area is 162 Å². The van der Waals surface area contributed by atoms with Gasteiger partial charge >= 0.3 is 0 Å². The number of carbonyl (C=O) groups excluding carboxylic acids is 2. The minimum absolute atomic E-state index is 0.0630. The molecule has 0 saturated heterocycles. The van der Waals surface area contributed by atoms with Crippen LogP contribution in [0.15, 0.2) is 46.9 Å². The maximum atomic E-state index is 13.3. The van der Waals surface area contributed by atoms with Crippen molar-refractivity contribution >= 4 is 34.6 Å². The second-order valence-electron chi connectivity index (χ2n) is 6.82. The van der Waals surface area contributed by atoms with E-state index >= 15 is 0 Å². The maximum absolute atomic E-state index is 13.3. The summed E-state index contributed by atoms with van der Waals surface area (Å²) in [5.41, 5.74) is 8.00. The number of carbonyl (C=O) groups is 2. The van der Waals surface area contributed by atoms with E-state index in [0.717, 1.165) is 18.5 Å². The molecule has 0 aliphatic carbocycles. The van der Waals surface area contributed by atoms with Crippen molar-refractivity contribution in [1.82, 2.24) is 4.90 Å².